The zero-order valence-electron chi connectivity index (χ0n) is 21.4. The van der Waals surface area contributed by atoms with E-state index in [1.165, 1.54) is 24.8 Å². The predicted octanol–water partition coefficient (Wildman–Crippen LogP) is 8.09. The summed E-state index contributed by atoms with van der Waals surface area (Å²) in [5.41, 5.74) is 3.96. The Morgan fingerprint density at radius 3 is 2.18 bits per heavy atom. The first-order valence-corrected chi connectivity index (χ1v) is 13.1. The van der Waals surface area contributed by atoms with Crippen LogP contribution in [0.1, 0.15) is 77.8 Å². The van der Waals surface area contributed by atoms with Gasteiger partial charge in [0.05, 0.1) is 12.7 Å². The van der Waals surface area contributed by atoms with Gasteiger partial charge in [-0.05, 0) is 53.4 Å². The molecule has 0 radical (unpaired) electrons. The van der Waals surface area contributed by atoms with Gasteiger partial charge in [0.25, 0.3) is 0 Å². The molecule has 1 unspecified atom stereocenters. The summed E-state index contributed by atoms with van der Waals surface area (Å²) < 4.78 is 20.6. The lowest BCUT2D eigenvalue weighted by Gasteiger charge is -2.30. The molecule has 1 saturated carbocycles. The number of nitrogens with zero attached hydrogens (tertiary/aromatic N) is 1. The third-order valence-electron chi connectivity index (χ3n) is 7.31. The lowest BCUT2D eigenvalue weighted by Crippen LogP contribution is -2.33. The van der Waals surface area contributed by atoms with Crippen molar-refractivity contribution in [3.63, 3.8) is 0 Å². The van der Waals surface area contributed by atoms with E-state index in [0.29, 0.717) is 30.1 Å². The lowest BCUT2D eigenvalue weighted by molar-refractivity contribution is 0.0441. The van der Waals surface area contributed by atoms with Crippen LogP contribution in [0.25, 0.3) is 11.1 Å². The van der Waals surface area contributed by atoms with Crippen molar-refractivity contribution in [2.45, 2.75) is 86.0 Å². The standard InChI is InChI=1S/C30H44FNO/c1-6-23(4)24(5)19-32(18-22(2)3)20-25-11-13-26(14-12-25)27-15-16-28(30(31)17-27)21-33-29-9-7-8-10-29/h11-17,22-24,29H,6-10,18-21H2,1-5H3/t23?,24-/m1/s1. The molecule has 2 nitrogen and oxygen atoms in total. The quantitative estimate of drug-likeness (QED) is 0.322. The molecule has 182 valence electrons. The number of hydrogen-bond donors (Lipinski definition) is 0. The van der Waals surface area contributed by atoms with E-state index in [0.717, 1.165) is 49.5 Å². The minimum Gasteiger partial charge on any atom is -0.373 e. The van der Waals surface area contributed by atoms with Gasteiger partial charge in [0.2, 0.25) is 0 Å². The third kappa shape index (κ3) is 7.93. The van der Waals surface area contributed by atoms with Gasteiger partial charge in [0.15, 0.2) is 0 Å². The van der Waals surface area contributed by atoms with Crippen LogP contribution in [-0.2, 0) is 17.9 Å². The zero-order chi connectivity index (χ0) is 23.8. The second kappa shape index (κ2) is 12.7. The Labute approximate surface area is 201 Å². The van der Waals surface area contributed by atoms with E-state index in [1.807, 2.05) is 12.1 Å². The van der Waals surface area contributed by atoms with Crippen molar-refractivity contribution in [1.82, 2.24) is 4.90 Å². The molecule has 0 aliphatic heterocycles. The van der Waals surface area contributed by atoms with Gasteiger partial charge in [-0.3, -0.25) is 4.90 Å². The van der Waals surface area contributed by atoms with Gasteiger partial charge in [0, 0.05) is 25.2 Å². The first-order chi connectivity index (χ1) is 15.9. The number of ether oxygens (including phenoxy) is 1. The van der Waals surface area contributed by atoms with Crippen molar-refractivity contribution in [2.24, 2.45) is 17.8 Å². The minimum absolute atomic E-state index is 0.170. The summed E-state index contributed by atoms with van der Waals surface area (Å²) in [7, 11) is 0. The van der Waals surface area contributed by atoms with E-state index in [2.05, 4.69) is 63.8 Å². The Morgan fingerprint density at radius 1 is 0.909 bits per heavy atom. The summed E-state index contributed by atoms with van der Waals surface area (Å²) in [6.45, 7) is 15.2. The topological polar surface area (TPSA) is 12.5 Å². The summed E-state index contributed by atoms with van der Waals surface area (Å²) in [5, 5.41) is 0. The fourth-order valence-corrected chi connectivity index (χ4v) is 4.88. The SMILES string of the molecule is CCC(C)[C@H](C)CN(Cc1ccc(-c2ccc(COC3CCCC3)c(F)c2)cc1)CC(C)C. The Kier molecular flexibility index (Phi) is 9.94. The first-order valence-electron chi connectivity index (χ1n) is 13.1. The van der Waals surface area contributed by atoms with Gasteiger partial charge in [-0.1, -0.05) is 90.3 Å². The highest BCUT2D eigenvalue weighted by molar-refractivity contribution is 5.64. The van der Waals surface area contributed by atoms with Crippen LogP contribution in [0, 0.1) is 23.6 Å². The predicted molar refractivity (Wildman–Crippen MR) is 138 cm³/mol. The average Bonchev–Trinajstić information content (AvgIpc) is 3.31. The molecule has 0 heterocycles. The van der Waals surface area contributed by atoms with Crippen molar-refractivity contribution < 1.29 is 9.13 Å². The van der Waals surface area contributed by atoms with Gasteiger partial charge >= 0.3 is 0 Å². The van der Waals surface area contributed by atoms with Crippen LogP contribution in [0.5, 0.6) is 0 Å². The van der Waals surface area contributed by atoms with Crippen LogP contribution in [0.15, 0.2) is 42.5 Å². The maximum Gasteiger partial charge on any atom is 0.129 e. The van der Waals surface area contributed by atoms with Crippen LogP contribution in [-0.4, -0.2) is 24.1 Å². The van der Waals surface area contributed by atoms with Gasteiger partial charge < -0.3 is 4.74 Å². The smallest absolute Gasteiger partial charge is 0.129 e. The van der Waals surface area contributed by atoms with Crippen LogP contribution in [0.2, 0.25) is 0 Å². The summed E-state index contributed by atoms with van der Waals surface area (Å²) in [6.07, 6.45) is 6.21. The molecule has 0 saturated heterocycles. The second-order valence-corrected chi connectivity index (χ2v) is 10.7. The average molecular weight is 454 g/mol. The van der Waals surface area contributed by atoms with Gasteiger partial charge in [0.1, 0.15) is 5.82 Å². The Balaban J connectivity index is 1.62. The molecule has 3 heteroatoms. The molecule has 2 aromatic rings. The molecule has 0 aromatic heterocycles. The van der Waals surface area contributed by atoms with Gasteiger partial charge in [-0.25, -0.2) is 4.39 Å². The third-order valence-corrected chi connectivity index (χ3v) is 7.31. The van der Waals surface area contributed by atoms with Gasteiger partial charge in [-0.2, -0.15) is 0 Å². The summed E-state index contributed by atoms with van der Waals surface area (Å²) in [4.78, 5) is 2.59. The van der Waals surface area contributed by atoms with E-state index in [9.17, 15) is 4.39 Å². The Bertz CT molecular complexity index is 841. The van der Waals surface area contributed by atoms with Gasteiger partial charge in [-0.15, -0.1) is 0 Å². The monoisotopic (exact) mass is 453 g/mol. The largest absolute Gasteiger partial charge is 0.373 e. The molecule has 2 aromatic carbocycles. The fraction of sp³-hybridized carbons (Fsp3) is 0.600. The number of halogens is 1. The minimum atomic E-state index is -0.170. The van der Waals surface area contributed by atoms with Crippen molar-refractivity contribution in [1.29, 1.82) is 0 Å². The molecule has 1 fully saturated rings. The van der Waals surface area contributed by atoms with Crippen LogP contribution >= 0.6 is 0 Å². The van der Waals surface area contributed by atoms with Crippen molar-refractivity contribution in [3.8, 4) is 11.1 Å². The highest BCUT2D eigenvalue weighted by Gasteiger charge is 2.18. The summed E-state index contributed by atoms with van der Waals surface area (Å²) >= 11 is 0. The van der Waals surface area contributed by atoms with E-state index < -0.39 is 0 Å². The molecule has 1 aliphatic rings. The van der Waals surface area contributed by atoms with E-state index in [4.69, 9.17) is 4.74 Å². The highest BCUT2D eigenvalue weighted by atomic mass is 19.1. The number of benzene rings is 2. The fourth-order valence-electron chi connectivity index (χ4n) is 4.88. The van der Waals surface area contributed by atoms with Crippen LogP contribution in [0.4, 0.5) is 4.39 Å². The number of hydrogen-bond acceptors (Lipinski definition) is 2. The first kappa shape index (κ1) is 25.9. The Morgan fingerprint density at radius 2 is 1.58 bits per heavy atom. The van der Waals surface area contributed by atoms with E-state index in [-0.39, 0.29) is 5.82 Å². The van der Waals surface area contributed by atoms with Crippen LogP contribution < -0.4 is 0 Å². The molecule has 33 heavy (non-hydrogen) atoms. The zero-order valence-corrected chi connectivity index (χ0v) is 21.4. The molecule has 0 spiro atoms. The maximum absolute atomic E-state index is 14.7. The van der Waals surface area contributed by atoms with E-state index >= 15 is 0 Å². The van der Waals surface area contributed by atoms with Crippen LogP contribution in [0.3, 0.4) is 0 Å². The van der Waals surface area contributed by atoms with E-state index in [1.54, 1.807) is 6.07 Å². The van der Waals surface area contributed by atoms with Crippen molar-refractivity contribution >= 4 is 0 Å². The molecular weight excluding hydrogens is 409 g/mol. The molecule has 0 amide bonds. The highest BCUT2D eigenvalue weighted by Crippen LogP contribution is 2.26. The normalized spacial score (nSPS) is 16.6. The summed E-state index contributed by atoms with van der Waals surface area (Å²) in [5.74, 6) is 1.90. The maximum atomic E-state index is 14.7. The van der Waals surface area contributed by atoms with Crippen molar-refractivity contribution in [2.75, 3.05) is 13.1 Å². The number of rotatable bonds is 12. The molecule has 1 aliphatic carbocycles. The second-order valence-electron chi connectivity index (χ2n) is 10.7. The molecule has 0 bridgehead atoms. The molecule has 0 N–H and O–H groups in total. The summed E-state index contributed by atoms with van der Waals surface area (Å²) in [6, 6.07) is 14.2. The molecule has 2 atom stereocenters. The van der Waals surface area contributed by atoms with Crippen molar-refractivity contribution in [3.05, 3.63) is 59.4 Å². The lowest BCUT2D eigenvalue weighted by atomic mass is 9.92. The molecule has 3 rings (SSSR count). The molecular formula is C30H44FNO. The Hall–Kier alpha value is -1.71.